The van der Waals surface area contributed by atoms with Crippen LogP contribution in [-0.2, 0) is 25.2 Å². The van der Waals surface area contributed by atoms with E-state index in [1.807, 2.05) is 0 Å². The Bertz CT molecular complexity index is 1040. The summed E-state index contributed by atoms with van der Waals surface area (Å²) in [6.07, 6.45) is 3.91. The normalized spacial score (nSPS) is 15.4. The van der Waals surface area contributed by atoms with Gasteiger partial charge in [-0.15, -0.1) is 0 Å². The van der Waals surface area contributed by atoms with E-state index >= 15 is 0 Å². The topological polar surface area (TPSA) is 95.6 Å². The van der Waals surface area contributed by atoms with E-state index in [-0.39, 0.29) is 11.9 Å². The number of halogens is 2. The molecule has 1 fully saturated rings. The average molecular weight is 508 g/mol. The van der Waals surface area contributed by atoms with Crippen molar-refractivity contribution in [1.82, 2.24) is 5.32 Å². The first-order valence-electron chi connectivity index (χ1n) is 11.0. The number of rotatable bonds is 9. The van der Waals surface area contributed by atoms with Gasteiger partial charge in [0, 0.05) is 33.2 Å². The van der Waals surface area contributed by atoms with Crippen LogP contribution in [-0.4, -0.2) is 45.5 Å². The molecule has 2 N–H and O–H groups in total. The number of hydrogen-bond donors (Lipinski definition) is 2. The predicted molar refractivity (Wildman–Crippen MR) is 132 cm³/mol. The molecular formula is C24H27ClFN3O4S. The summed E-state index contributed by atoms with van der Waals surface area (Å²) in [5.41, 5.74) is 0.797. The van der Waals surface area contributed by atoms with E-state index in [1.54, 1.807) is 31.2 Å². The van der Waals surface area contributed by atoms with Crippen LogP contribution < -0.4 is 15.5 Å². The van der Waals surface area contributed by atoms with Crippen molar-refractivity contribution < 1.29 is 23.0 Å². The minimum atomic E-state index is -1.83. The Morgan fingerprint density at radius 3 is 2.29 bits per heavy atom. The molecule has 0 spiro atoms. The third-order valence-corrected chi connectivity index (χ3v) is 6.95. The maximum absolute atomic E-state index is 13.1. The summed E-state index contributed by atoms with van der Waals surface area (Å²) in [5.74, 6) is -2.72. The Hall–Kier alpha value is -2.78. The maximum atomic E-state index is 13.1. The second-order valence-electron chi connectivity index (χ2n) is 8.19. The first-order valence-corrected chi connectivity index (χ1v) is 12.9. The van der Waals surface area contributed by atoms with E-state index in [0.717, 1.165) is 25.7 Å². The lowest BCUT2D eigenvalue weighted by Crippen LogP contribution is -2.51. The molecule has 1 aliphatic carbocycles. The van der Waals surface area contributed by atoms with Gasteiger partial charge in [-0.3, -0.25) is 23.5 Å². The molecule has 7 nitrogen and oxygen atoms in total. The maximum Gasteiger partial charge on any atom is 0.243 e. The summed E-state index contributed by atoms with van der Waals surface area (Å²) in [6.45, 7) is 1.61. The first kappa shape index (κ1) is 25.8. The second-order valence-corrected chi connectivity index (χ2v) is 10.1. The number of hydrogen-bond acceptors (Lipinski definition) is 4. The van der Waals surface area contributed by atoms with E-state index < -0.39 is 46.0 Å². The minimum Gasteiger partial charge on any atom is -0.352 e. The van der Waals surface area contributed by atoms with Crippen LogP contribution in [0.25, 0.3) is 0 Å². The number of nitrogens with zero attached hydrogens (tertiary/aromatic N) is 1. The highest BCUT2D eigenvalue weighted by Gasteiger charge is 2.30. The van der Waals surface area contributed by atoms with Crippen molar-refractivity contribution in [1.29, 1.82) is 0 Å². The molecule has 182 valence electrons. The largest absolute Gasteiger partial charge is 0.352 e. The molecule has 1 saturated carbocycles. The number of benzene rings is 2. The van der Waals surface area contributed by atoms with Crippen LogP contribution in [0, 0.1) is 5.82 Å². The molecule has 2 aromatic carbocycles. The zero-order valence-corrected chi connectivity index (χ0v) is 20.3. The van der Waals surface area contributed by atoms with Crippen LogP contribution >= 0.6 is 11.6 Å². The van der Waals surface area contributed by atoms with Crippen molar-refractivity contribution in [3.05, 3.63) is 59.4 Å². The van der Waals surface area contributed by atoms with E-state index in [2.05, 4.69) is 10.6 Å². The van der Waals surface area contributed by atoms with Crippen LogP contribution in [0.1, 0.15) is 32.6 Å². The highest BCUT2D eigenvalue weighted by atomic mass is 35.5. The third-order valence-electron chi connectivity index (χ3n) is 5.55. The quantitative estimate of drug-likeness (QED) is 0.541. The van der Waals surface area contributed by atoms with Gasteiger partial charge in [0.05, 0.1) is 0 Å². The summed E-state index contributed by atoms with van der Waals surface area (Å²) >= 11 is 5.97. The third kappa shape index (κ3) is 7.36. The van der Waals surface area contributed by atoms with Gasteiger partial charge in [-0.25, -0.2) is 4.39 Å². The SMILES string of the molecule is C[C@H](C(=O)NC1CCCC1)N(C(=O)C[S@@](=O)CC(=O)Nc1ccc(F)cc1)c1ccc(Cl)cc1. The molecular weight excluding hydrogens is 481 g/mol. The Morgan fingerprint density at radius 1 is 1.06 bits per heavy atom. The summed E-state index contributed by atoms with van der Waals surface area (Å²) < 4.78 is 25.6. The van der Waals surface area contributed by atoms with Crippen molar-refractivity contribution in [2.45, 2.75) is 44.7 Å². The fourth-order valence-corrected chi connectivity index (χ4v) is 4.84. The van der Waals surface area contributed by atoms with Gasteiger partial charge in [0.15, 0.2) is 0 Å². The molecule has 0 heterocycles. The van der Waals surface area contributed by atoms with E-state index in [9.17, 15) is 23.0 Å². The molecule has 2 aromatic rings. The van der Waals surface area contributed by atoms with Gasteiger partial charge in [-0.1, -0.05) is 24.4 Å². The highest BCUT2D eigenvalue weighted by Crippen LogP contribution is 2.22. The summed E-state index contributed by atoms with van der Waals surface area (Å²) in [5, 5.41) is 5.98. The van der Waals surface area contributed by atoms with Gasteiger partial charge in [-0.05, 0) is 68.3 Å². The first-order chi connectivity index (χ1) is 16.2. The standard InChI is InChI=1S/C24H27ClFN3O4S/c1-16(24(32)28-19-4-2-3-5-19)29(21-12-6-17(25)7-13-21)23(31)15-34(33)14-22(30)27-20-10-8-18(26)9-11-20/h6-13,16,19H,2-5,14-15H2,1H3,(H,27,30)(H,28,32)/t16-,34+/m1/s1. The zero-order valence-electron chi connectivity index (χ0n) is 18.8. The van der Waals surface area contributed by atoms with Crippen LogP contribution in [0.2, 0.25) is 5.02 Å². The van der Waals surface area contributed by atoms with Crippen molar-refractivity contribution >= 4 is 51.5 Å². The van der Waals surface area contributed by atoms with Gasteiger partial charge >= 0.3 is 0 Å². The summed E-state index contributed by atoms with van der Waals surface area (Å²) in [6, 6.07) is 10.8. The molecule has 2 atom stereocenters. The molecule has 0 aromatic heterocycles. The Balaban J connectivity index is 1.66. The molecule has 34 heavy (non-hydrogen) atoms. The van der Waals surface area contributed by atoms with Gasteiger partial charge in [0.25, 0.3) is 0 Å². The van der Waals surface area contributed by atoms with Crippen LogP contribution in [0.3, 0.4) is 0 Å². The fraction of sp³-hybridized carbons (Fsp3) is 0.375. The van der Waals surface area contributed by atoms with E-state index in [1.165, 1.54) is 29.2 Å². The van der Waals surface area contributed by atoms with Crippen molar-refractivity contribution in [3.63, 3.8) is 0 Å². The fourth-order valence-electron chi connectivity index (χ4n) is 3.83. The average Bonchev–Trinajstić information content (AvgIpc) is 3.29. The lowest BCUT2D eigenvalue weighted by atomic mass is 10.1. The Morgan fingerprint density at radius 2 is 1.68 bits per heavy atom. The molecule has 1 aliphatic rings. The molecule has 3 amide bonds. The van der Waals surface area contributed by atoms with Gasteiger partial charge in [0.1, 0.15) is 23.4 Å². The zero-order chi connectivity index (χ0) is 24.7. The lowest BCUT2D eigenvalue weighted by Gasteiger charge is -2.29. The summed E-state index contributed by atoms with van der Waals surface area (Å²) in [4.78, 5) is 39.5. The van der Waals surface area contributed by atoms with Crippen molar-refractivity contribution in [2.75, 3.05) is 21.7 Å². The molecule has 0 saturated heterocycles. The minimum absolute atomic E-state index is 0.0846. The Labute approximate surface area is 205 Å². The number of amides is 3. The van der Waals surface area contributed by atoms with Crippen LogP contribution in [0.4, 0.5) is 15.8 Å². The number of anilines is 2. The van der Waals surface area contributed by atoms with Crippen LogP contribution in [0.15, 0.2) is 48.5 Å². The van der Waals surface area contributed by atoms with E-state index in [0.29, 0.717) is 16.4 Å². The van der Waals surface area contributed by atoms with Crippen molar-refractivity contribution in [2.24, 2.45) is 0 Å². The Kier molecular flexibility index (Phi) is 9.18. The lowest BCUT2D eigenvalue weighted by molar-refractivity contribution is -0.125. The summed E-state index contributed by atoms with van der Waals surface area (Å²) in [7, 11) is -1.83. The monoisotopic (exact) mass is 507 g/mol. The number of carbonyl (C=O) groups excluding carboxylic acids is 3. The second kappa shape index (κ2) is 12.1. The highest BCUT2D eigenvalue weighted by molar-refractivity contribution is 7.86. The number of carbonyl (C=O) groups is 3. The smallest absolute Gasteiger partial charge is 0.243 e. The van der Waals surface area contributed by atoms with Gasteiger partial charge in [0.2, 0.25) is 17.7 Å². The molecule has 0 radical (unpaired) electrons. The van der Waals surface area contributed by atoms with Crippen LogP contribution in [0.5, 0.6) is 0 Å². The molecule has 0 bridgehead atoms. The molecule has 0 unspecified atom stereocenters. The molecule has 10 heteroatoms. The molecule has 0 aliphatic heterocycles. The molecule has 3 rings (SSSR count). The number of nitrogens with one attached hydrogen (secondary N) is 2. The van der Waals surface area contributed by atoms with Gasteiger partial charge < -0.3 is 10.6 Å². The van der Waals surface area contributed by atoms with E-state index in [4.69, 9.17) is 11.6 Å². The van der Waals surface area contributed by atoms with Crippen molar-refractivity contribution in [3.8, 4) is 0 Å². The predicted octanol–water partition coefficient (Wildman–Crippen LogP) is 3.65. The van der Waals surface area contributed by atoms with Gasteiger partial charge in [-0.2, -0.15) is 0 Å².